The Hall–Kier alpha value is -2.41. The predicted octanol–water partition coefficient (Wildman–Crippen LogP) is 1.06. The van der Waals surface area contributed by atoms with Gasteiger partial charge in [-0.25, -0.2) is 14.6 Å². The summed E-state index contributed by atoms with van der Waals surface area (Å²) in [5, 5.41) is 17.7. The third-order valence-electron chi connectivity index (χ3n) is 2.99. The van der Waals surface area contributed by atoms with E-state index in [2.05, 4.69) is 4.98 Å². The highest BCUT2D eigenvalue weighted by Crippen LogP contribution is 2.11. The number of pyridine rings is 1. The summed E-state index contributed by atoms with van der Waals surface area (Å²) < 4.78 is 6.47. The molecule has 0 saturated carbocycles. The van der Waals surface area contributed by atoms with Crippen molar-refractivity contribution in [2.24, 2.45) is 0 Å². The first-order valence-corrected chi connectivity index (χ1v) is 5.98. The van der Waals surface area contributed by atoms with Crippen LogP contribution in [0.3, 0.4) is 0 Å². The minimum Gasteiger partial charge on any atom is -0.479 e. The van der Waals surface area contributed by atoms with Crippen LogP contribution in [0.1, 0.15) is 22.5 Å². The highest BCUT2D eigenvalue weighted by molar-refractivity contribution is 5.86. The minimum absolute atomic E-state index is 0.0255. The fourth-order valence-electron chi connectivity index (χ4n) is 1.93. The van der Waals surface area contributed by atoms with Crippen LogP contribution in [-0.2, 0) is 16.0 Å². The number of carboxylic acids is 2. The van der Waals surface area contributed by atoms with Gasteiger partial charge in [0, 0.05) is 19.5 Å². The number of imidazole rings is 1. The van der Waals surface area contributed by atoms with Crippen LogP contribution in [0.15, 0.2) is 24.5 Å². The average molecular weight is 278 g/mol. The number of rotatable bonds is 6. The summed E-state index contributed by atoms with van der Waals surface area (Å²) in [6.45, 7) is 0. The number of carbonyl (C=O) groups is 2. The van der Waals surface area contributed by atoms with Crippen molar-refractivity contribution in [2.75, 3.05) is 7.11 Å². The van der Waals surface area contributed by atoms with Gasteiger partial charge in [0.2, 0.25) is 0 Å². The molecule has 2 rings (SSSR count). The number of hydrogen-bond donors (Lipinski definition) is 2. The molecule has 0 saturated heterocycles. The molecule has 0 spiro atoms. The number of carboxylic acid groups (broad SMARTS) is 2. The number of aryl methyl sites for hydroxylation is 1. The fraction of sp³-hybridized carbons (Fsp3) is 0.308. The van der Waals surface area contributed by atoms with Crippen LogP contribution in [0.25, 0.3) is 5.65 Å². The Morgan fingerprint density at radius 1 is 1.35 bits per heavy atom. The van der Waals surface area contributed by atoms with Crippen molar-refractivity contribution in [3.05, 3.63) is 35.8 Å². The minimum atomic E-state index is -1.08. The SMILES string of the molecule is COC(CCc1ccc2nc(C(=O)O)cn2c1)C(=O)O. The van der Waals surface area contributed by atoms with Crippen LogP contribution in [0.2, 0.25) is 0 Å². The van der Waals surface area contributed by atoms with Gasteiger partial charge in [-0.2, -0.15) is 0 Å². The topological polar surface area (TPSA) is 101 Å². The summed E-state index contributed by atoms with van der Waals surface area (Å²) in [6.07, 6.45) is 3.18. The molecule has 2 aromatic heterocycles. The Morgan fingerprint density at radius 2 is 2.10 bits per heavy atom. The molecule has 2 heterocycles. The molecule has 0 amide bonds. The molecule has 0 aliphatic rings. The van der Waals surface area contributed by atoms with Crippen LogP contribution < -0.4 is 0 Å². The van der Waals surface area contributed by atoms with E-state index in [1.165, 1.54) is 13.3 Å². The largest absolute Gasteiger partial charge is 0.479 e. The van der Waals surface area contributed by atoms with Crippen molar-refractivity contribution in [3.8, 4) is 0 Å². The Bertz CT molecular complexity index is 649. The lowest BCUT2D eigenvalue weighted by Crippen LogP contribution is -2.22. The Labute approximate surface area is 114 Å². The van der Waals surface area contributed by atoms with Crippen molar-refractivity contribution in [3.63, 3.8) is 0 Å². The molecule has 7 heteroatoms. The molecule has 1 unspecified atom stereocenters. The molecule has 2 N–H and O–H groups in total. The molecular weight excluding hydrogens is 264 g/mol. The van der Waals surface area contributed by atoms with E-state index in [4.69, 9.17) is 14.9 Å². The Kier molecular flexibility index (Phi) is 3.99. The van der Waals surface area contributed by atoms with E-state index in [1.54, 1.807) is 22.7 Å². The van der Waals surface area contributed by atoms with E-state index in [1.807, 2.05) is 0 Å². The number of hydrogen-bond acceptors (Lipinski definition) is 4. The van der Waals surface area contributed by atoms with Crippen LogP contribution >= 0.6 is 0 Å². The predicted molar refractivity (Wildman–Crippen MR) is 68.9 cm³/mol. The van der Waals surface area contributed by atoms with Crippen LogP contribution in [0.4, 0.5) is 0 Å². The van der Waals surface area contributed by atoms with Gasteiger partial charge in [0.05, 0.1) is 0 Å². The van der Waals surface area contributed by atoms with Gasteiger partial charge in [0.1, 0.15) is 5.65 Å². The van der Waals surface area contributed by atoms with E-state index in [-0.39, 0.29) is 5.69 Å². The standard InChI is InChI=1S/C13H14N2O5/c1-20-10(13(18)19)4-2-8-3-5-11-14-9(12(16)17)7-15(11)6-8/h3,5-7,10H,2,4H2,1H3,(H,16,17)(H,18,19). The second kappa shape index (κ2) is 5.70. The normalized spacial score (nSPS) is 12.4. The maximum absolute atomic E-state index is 10.8. The summed E-state index contributed by atoms with van der Waals surface area (Å²) in [6, 6.07) is 3.49. The van der Waals surface area contributed by atoms with E-state index in [0.717, 1.165) is 5.56 Å². The first kappa shape index (κ1) is 14.0. The number of methoxy groups -OCH3 is 1. The van der Waals surface area contributed by atoms with Gasteiger partial charge in [0.25, 0.3) is 0 Å². The highest BCUT2D eigenvalue weighted by atomic mass is 16.5. The monoisotopic (exact) mass is 278 g/mol. The van der Waals surface area contributed by atoms with E-state index in [9.17, 15) is 9.59 Å². The molecule has 20 heavy (non-hydrogen) atoms. The summed E-state index contributed by atoms with van der Waals surface area (Å²) in [5.41, 5.74) is 1.39. The van der Waals surface area contributed by atoms with Crippen molar-refractivity contribution < 1.29 is 24.5 Å². The third-order valence-corrected chi connectivity index (χ3v) is 2.99. The van der Waals surface area contributed by atoms with Gasteiger partial charge >= 0.3 is 11.9 Å². The maximum atomic E-state index is 10.8. The summed E-state index contributed by atoms with van der Waals surface area (Å²) >= 11 is 0. The Balaban J connectivity index is 2.15. The van der Waals surface area contributed by atoms with E-state index in [0.29, 0.717) is 18.5 Å². The van der Waals surface area contributed by atoms with E-state index >= 15 is 0 Å². The van der Waals surface area contributed by atoms with Gasteiger partial charge in [0.15, 0.2) is 11.8 Å². The molecule has 0 aliphatic carbocycles. The van der Waals surface area contributed by atoms with Crippen molar-refractivity contribution in [2.45, 2.75) is 18.9 Å². The van der Waals surface area contributed by atoms with Gasteiger partial charge in [-0.15, -0.1) is 0 Å². The zero-order valence-electron chi connectivity index (χ0n) is 10.8. The summed E-state index contributed by atoms with van der Waals surface area (Å²) in [4.78, 5) is 25.6. The third kappa shape index (κ3) is 2.94. The summed E-state index contributed by atoms with van der Waals surface area (Å²) in [5.74, 6) is -2.08. The van der Waals surface area contributed by atoms with Crippen molar-refractivity contribution in [1.82, 2.24) is 9.38 Å². The maximum Gasteiger partial charge on any atom is 0.356 e. The lowest BCUT2D eigenvalue weighted by molar-refractivity contribution is -0.148. The number of fused-ring (bicyclic) bond motifs is 1. The molecular formula is C13H14N2O5. The number of nitrogens with zero attached hydrogens (tertiary/aromatic N) is 2. The Morgan fingerprint density at radius 3 is 2.70 bits per heavy atom. The lowest BCUT2D eigenvalue weighted by Gasteiger charge is -2.10. The van der Waals surface area contributed by atoms with Crippen LogP contribution in [0.5, 0.6) is 0 Å². The van der Waals surface area contributed by atoms with Crippen molar-refractivity contribution >= 4 is 17.6 Å². The molecule has 0 bridgehead atoms. The first-order valence-electron chi connectivity index (χ1n) is 5.98. The number of aromatic carboxylic acids is 1. The summed E-state index contributed by atoms with van der Waals surface area (Å²) in [7, 11) is 1.36. The number of aliphatic carboxylic acids is 1. The average Bonchev–Trinajstić information content (AvgIpc) is 2.82. The zero-order valence-corrected chi connectivity index (χ0v) is 10.8. The smallest absolute Gasteiger partial charge is 0.356 e. The van der Waals surface area contributed by atoms with Gasteiger partial charge in [-0.1, -0.05) is 6.07 Å². The second-order valence-electron chi connectivity index (χ2n) is 4.34. The van der Waals surface area contributed by atoms with Gasteiger partial charge in [-0.05, 0) is 24.5 Å². The first-order chi connectivity index (χ1) is 9.51. The molecule has 0 fully saturated rings. The molecule has 106 valence electrons. The molecule has 1 atom stereocenters. The van der Waals surface area contributed by atoms with Crippen LogP contribution in [-0.4, -0.2) is 44.8 Å². The quantitative estimate of drug-likeness (QED) is 0.819. The zero-order chi connectivity index (χ0) is 14.7. The molecule has 7 nitrogen and oxygen atoms in total. The number of aromatic nitrogens is 2. The van der Waals surface area contributed by atoms with E-state index < -0.39 is 18.0 Å². The molecule has 0 aromatic carbocycles. The van der Waals surface area contributed by atoms with Crippen LogP contribution in [0, 0.1) is 0 Å². The number of ether oxygens (including phenoxy) is 1. The van der Waals surface area contributed by atoms with Gasteiger partial charge < -0.3 is 19.4 Å². The fourth-order valence-corrected chi connectivity index (χ4v) is 1.93. The lowest BCUT2D eigenvalue weighted by atomic mass is 10.1. The van der Waals surface area contributed by atoms with Gasteiger partial charge in [-0.3, -0.25) is 0 Å². The molecule has 2 aromatic rings. The highest BCUT2D eigenvalue weighted by Gasteiger charge is 2.16. The molecule has 0 aliphatic heterocycles. The van der Waals surface area contributed by atoms with Crippen molar-refractivity contribution in [1.29, 1.82) is 0 Å². The second-order valence-corrected chi connectivity index (χ2v) is 4.34. The molecule has 0 radical (unpaired) electrons.